The lowest BCUT2D eigenvalue weighted by atomic mass is 10.2. The van der Waals surface area contributed by atoms with Gasteiger partial charge in [0.15, 0.2) is 5.17 Å². The topological polar surface area (TPSA) is 54.3 Å². The maximum atomic E-state index is 9.53. The fourth-order valence-corrected chi connectivity index (χ4v) is 3.52. The van der Waals surface area contributed by atoms with E-state index in [4.69, 9.17) is 14.5 Å². The molecule has 0 spiro atoms. The van der Waals surface area contributed by atoms with Gasteiger partial charge >= 0.3 is 0 Å². The summed E-state index contributed by atoms with van der Waals surface area (Å²) in [7, 11) is 3.30. The molecule has 2 aromatic rings. The zero-order valence-electron chi connectivity index (χ0n) is 13.7. The summed E-state index contributed by atoms with van der Waals surface area (Å²) in [5.41, 5.74) is 1.89. The van der Waals surface area contributed by atoms with E-state index in [1.807, 2.05) is 48.5 Å². The summed E-state index contributed by atoms with van der Waals surface area (Å²) in [6, 6.07) is 15.5. The van der Waals surface area contributed by atoms with Gasteiger partial charge in [0, 0.05) is 12.2 Å². The van der Waals surface area contributed by atoms with Crippen LogP contribution < -0.4 is 14.4 Å². The average Bonchev–Trinajstić information content (AvgIpc) is 3.05. The molecule has 0 aromatic heterocycles. The Morgan fingerprint density at radius 3 is 2.17 bits per heavy atom. The number of aliphatic hydroxyl groups excluding tert-OH is 1. The second-order valence-electron chi connectivity index (χ2n) is 5.32. The predicted octanol–water partition coefficient (Wildman–Crippen LogP) is 3.31. The van der Waals surface area contributed by atoms with Gasteiger partial charge in [0.1, 0.15) is 11.5 Å². The Bertz CT molecular complexity index is 701. The van der Waals surface area contributed by atoms with Crippen LogP contribution in [-0.2, 0) is 0 Å². The first-order chi connectivity index (χ1) is 11.7. The minimum atomic E-state index is 0.115. The van der Waals surface area contributed by atoms with Gasteiger partial charge in [0.05, 0.1) is 31.8 Å². The zero-order chi connectivity index (χ0) is 16.9. The number of amidine groups is 1. The summed E-state index contributed by atoms with van der Waals surface area (Å²) in [6.45, 7) is 0.849. The van der Waals surface area contributed by atoms with Crippen LogP contribution in [0.3, 0.4) is 0 Å². The van der Waals surface area contributed by atoms with Crippen molar-refractivity contribution in [1.82, 2.24) is 0 Å². The van der Waals surface area contributed by atoms with Crippen molar-refractivity contribution >= 4 is 28.3 Å². The lowest BCUT2D eigenvalue weighted by molar-refractivity contribution is 0.298. The number of thioether (sulfide) groups is 1. The predicted molar refractivity (Wildman–Crippen MR) is 98.9 cm³/mol. The van der Waals surface area contributed by atoms with E-state index >= 15 is 0 Å². The number of nitrogens with zero attached hydrogens (tertiary/aromatic N) is 2. The van der Waals surface area contributed by atoms with E-state index in [9.17, 15) is 5.11 Å². The second-order valence-corrected chi connectivity index (χ2v) is 6.59. The highest BCUT2D eigenvalue weighted by atomic mass is 32.2. The molecule has 0 radical (unpaired) electrons. The number of hydrogen-bond acceptors (Lipinski definition) is 5. The number of aliphatic hydroxyl groups is 1. The van der Waals surface area contributed by atoms with Gasteiger partial charge in [-0.3, -0.25) is 0 Å². The first-order valence-corrected chi connectivity index (χ1v) is 8.53. The highest BCUT2D eigenvalue weighted by molar-refractivity contribution is 8.15. The highest BCUT2D eigenvalue weighted by Gasteiger charge is 2.29. The molecule has 6 heteroatoms. The second kappa shape index (κ2) is 7.59. The lowest BCUT2D eigenvalue weighted by Crippen LogP contribution is -2.26. The molecule has 1 saturated heterocycles. The van der Waals surface area contributed by atoms with Gasteiger partial charge in [-0.25, -0.2) is 4.99 Å². The van der Waals surface area contributed by atoms with E-state index in [0.29, 0.717) is 0 Å². The van der Waals surface area contributed by atoms with Crippen LogP contribution in [0.5, 0.6) is 11.5 Å². The lowest BCUT2D eigenvalue weighted by Gasteiger charge is -2.18. The number of benzene rings is 2. The standard InChI is InChI=1S/C18H20N2O3S/c1-22-15-7-3-13(4-8-15)19-18-20(11-17(12-21)24-18)14-5-9-16(23-2)10-6-14/h3-10,17,21H,11-12H2,1-2H3. The van der Waals surface area contributed by atoms with Crippen LogP contribution in [-0.4, -0.2) is 42.9 Å². The normalized spacial score (nSPS) is 18.9. The van der Waals surface area contributed by atoms with Crippen molar-refractivity contribution in [3.63, 3.8) is 0 Å². The Morgan fingerprint density at radius 2 is 1.62 bits per heavy atom. The van der Waals surface area contributed by atoms with Gasteiger partial charge in [0.2, 0.25) is 0 Å². The van der Waals surface area contributed by atoms with Gasteiger partial charge in [-0.2, -0.15) is 0 Å². The molecule has 24 heavy (non-hydrogen) atoms. The van der Waals surface area contributed by atoms with E-state index in [1.54, 1.807) is 26.0 Å². The summed E-state index contributed by atoms with van der Waals surface area (Å²) in [4.78, 5) is 6.86. The molecule has 1 aliphatic heterocycles. The smallest absolute Gasteiger partial charge is 0.169 e. The molecule has 2 aromatic carbocycles. The summed E-state index contributed by atoms with van der Waals surface area (Å²) in [6.07, 6.45) is 0. The SMILES string of the molecule is COc1ccc(N=C2SC(CO)CN2c2ccc(OC)cc2)cc1. The van der Waals surface area contributed by atoms with E-state index in [-0.39, 0.29) is 11.9 Å². The van der Waals surface area contributed by atoms with Crippen molar-refractivity contribution in [2.75, 3.05) is 32.3 Å². The van der Waals surface area contributed by atoms with Crippen molar-refractivity contribution < 1.29 is 14.6 Å². The highest BCUT2D eigenvalue weighted by Crippen LogP contribution is 2.33. The average molecular weight is 344 g/mol. The molecule has 0 saturated carbocycles. The first-order valence-electron chi connectivity index (χ1n) is 7.65. The molecule has 3 rings (SSSR count). The first kappa shape index (κ1) is 16.7. The molecule has 1 aliphatic rings. The number of ether oxygens (including phenoxy) is 2. The van der Waals surface area contributed by atoms with E-state index in [2.05, 4.69) is 4.90 Å². The molecule has 0 aliphatic carbocycles. The summed E-state index contributed by atoms with van der Waals surface area (Å²) < 4.78 is 10.4. The third kappa shape index (κ3) is 3.66. The Balaban J connectivity index is 1.88. The minimum absolute atomic E-state index is 0.115. The molecule has 5 nitrogen and oxygen atoms in total. The van der Waals surface area contributed by atoms with Crippen molar-refractivity contribution in [2.24, 2.45) is 4.99 Å². The van der Waals surface area contributed by atoms with Gasteiger partial charge in [-0.05, 0) is 48.5 Å². The number of hydrogen-bond donors (Lipinski definition) is 1. The number of aliphatic imine (C=N–C) groups is 1. The van der Waals surface area contributed by atoms with Crippen LogP contribution >= 0.6 is 11.8 Å². The van der Waals surface area contributed by atoms with Gasteiger partial charge in [-0.1, -0.05) is 11.8 Å². The largest absolute Gasteiger partial charge is 0.497 e. The fourth-order valence-electron chi connectivity index (χ4n) is 2.46. The Morgan fingerprint density at radius 1 is 1.04 bits per heavy atom. The number of anilines is 1. The molecule has 126 valence electrons. The van der Waals surface area contributed by atoms with Crippen LogP contribution in [0.2, 0.25) is 0 Å². The fraction of sp³-hybridized carbons (Fsp3) is 0.278. The van der Waals surface area contributed by atoms with Crippen molar-refractivity contribution in [3.8, 4) is 11.5 Å². The quantitative estimate of drug-likeness (QED) is 0.902. The third-order valence-electron chi connectivity index (χ3n) is 3.77. The van der Waals surface area contributed by atoms with Gasteiger partial charge in [-0.15, -0.1) is 0 Å². The van der Waals surface area contributed by atoms with Crippen molar-refractivity contribution in [2.45, 2.75) is 5.25 Å². The van der Waals surface area contributed by atoms with E-state index in [1.165, 1.54) is 0 Å². The molecule has 1 atom stereocenters. The Hall–Kier alpha value is -2.18. The Labute approximate surface area is 145 Å². The molecule has 0 amide bonds. The number of rotatable bonds is 5. The zero-order valence-corrected chi connectivity index (χ0v) is 14.5. The Kier molecular flexibility index (Phi) is 5.27. The van der Waals surface area contributed by atoms with Crippen molar-refractivity contribution in [1.29, 1.82) is 0 Å². The maximum Gasteiger partial charge on any atom is 0.169 e. The third-order valence-corrected chi connectivity index (χ3v) is 4.93. The van der Waals surface area contributed by atoms with E-state index in [0.717, 1.165) is 34.6 Å². The van der Waals surface area contributed by atoms with Gasteiger partial charge < -0.3 is 19.5 Å². The van der Waals surface area contributed by atoms with Crippen LogP contribution in [0.1, 0.15) is 0 Å². The maximum absolute atomic E-state index is 9.53. The molecule has 1 heterocycles. The monoisotopic (exact) mass is 344 g/mol. The van der Waals surface area contributed by atoms with E-state index < -0.39 is 0 Å². The van der Waals surface area contributed by atoms with Crippen LogP contribution in [0, 0.1) is 0 Å². The number of methoxy groups -OCH3 is 2. The van der Waals surface area contributed by atoms with Crippen LogP contribution in [0.25, 0.3) is 0 Å². The molecule has 0 bridgehead atoms. The summed E-state index contributed by atoms with van der Waals surface area (Å²) in [5.74, 6) is 1.62. The summed E-state index contributed by atoms with van der Waals surface area (Å²) >= 11 is 1.59. The van der Waals surface area contributed by atoms with Crippen molar-refractivity contribution in [3.05, 3.63) is 48.5 Å². The molecule has 1 unspecified atom stereocenters. The van der Waals surface area contributed by atoms with Crippen LogP contribution in [0.15, 0.2) is 53.5 Å². The molecular formula is C18H20N2O3S. The molecule has 1 fully saturated rings. The summed E-state index contributed by atoms with van der Waals surface area (Å²) in [5, 5.41) is 10.5. The van der Waals surface area contributed by atoms with Gasteiger partial charge in [0.25, 0.3) is 0 Å². The molecular weight excluding hydrogens is 324 g/mol. The minimum Gasteiger partial charge on any atom is -0.497 e. The molecule has 1 N–H and O–H groups in total. The van der Waals surface area contributed by atoms with Crippen LogP contribution in [0.4, 0.5) is 11.4 Å².